The molecule has 0 spiro atoms. The van der Waals surface area contributed by atoms with Crippen LogP contribution in [0, 0.1) is 0 Å². The summed E-state index contributed by atoms with van der Waals surface area (Å²) in [5.74, 6) is 0. The first-order chi connectivity index (χ1) is 9.36. The van der Waals surface area contributed by atoms with Gasteiger partial charge in [0.15, 0.2) is 0 Å². The molecule has 1 heterocycles. The Kier molecular flexibility index (Phi) is 4.86. The summed E-state index contributed by atoms with van der Waals surface area (Å²) in [5.41, 5.74) is 0.683. The molecule has 1 saturated heterocycles. The lowest BCUT2D eigenvalue weighted by Crippen LogP contribution is -2.51. The van der Waals surface area contributed by atoms with E-state index >= 15 is 0 Å². The number of sulfonamides is 1. The summed E-state index contributed by atoms with van der Waals surface area (Å²) in [5, 5.41) is 9.08. The first-order valence-corrected chi connectivity index (χ1v) is 8.69. The maximum absolute atomic E-state index is 12.7. The normalized spacial score (nSPS) is 22.1. The minimum Gasteiger partial charge on any atom is -0.392 e. The van der Waals surface area contributed by atoms with Crippen LogP contribution in [0.25, 0.3) is 0 Å². The summed E-state index contributed by atoms with van der Waals surface area (Å²) >= 11 is 3.29. The van der Waals surface area contributed by atoms with Crippen molar-refractivity contribution in [3.05, 3.63) is 28.2 Å². The molecule has 0 aliphatic carbocycles. The van der Waals surface area contributed by atoms with Crippen molar-refractivity contribution in [2.24, 2.45) is 0 Å². The third kappa shape index (κ3) is 3.07. The van der Waals surface area contributed by atoms with E-state index in [0.29, 0.717) is 23.1 Å². The van der Waals surface area contributed by atoms with Crippen molar-refractivity contribution in [2.75, 3.05) is 26.7 Å². The van der Waals surface area contributed by atoms with Crippen LogP contribution in [-0.4, -0.2) is 55.5 Å². The summed E-state index contributed by atoms with van der Waals surface area (Å²) in [6.45, 7) is 3.63. The highest BCUT2D eigenvalue weighted by atomic mass is 79.9. The first kappa shape index (κ1) is 15.9. The quantitative estimate of drug-likeness (QED) is 0.879. The standard InChI is InChI=1S/C13H19BrN2O3S/c1-10-8-16(6-5-15(10)2)20(18,19)13-4-3-11(9-17)7-12(13)14/h3-4,7,10,17H,5-6,8-9H2,1-2H3. The van der Waals surface area contributed by atoms with Gasteiger partial charge < -0.3 is 10.0 Å². The molecule has 1 aliphatic rings. The van der Waals surface area contributed by atoms with Gasteiger partial charge in [0, 0.05) is 30.1 Å². The van der Waals surface area contributed by atoms with Crippen LogP contribution in [0.5, 0.6) is 0 Å². The SMILES string of the molecule is CC1CN(S(=O)(=O)c2ccc(CO)cc2Br)CCN1C. The summed E-state index contributed by atoms with van der Waals surface area (Å²) in [7, 11) is -1.50. The van der Waals surface area contributed by atoms with Gasteiger partial charge in [-0.2, -0.15) is 4.31 Å². The minimum atomic E-state index is -3.50. The molecule has 1 atom stereocenters. The zero-order chi connectivity index (χ0) is 14.9. The van der Waals surface area contributed by atoms with Gasteiger partial charge in [0.2, 0.25) is 10.0 Å². The Bertz CT molecular complexity index is 591. The second-order valence-electron chi connectivity index (χ2n) is 5.12. The molecule has 1 aromatic carbocycles. The van der Waals surface area contributed by atoms with Crippen molar-refractivity contribution in [3.8, 4) is 0 Å². The Morgan fingerprint density at radius 1 is 1.40 bits per heavy atom. The molecule has 0 radical (unpaired) electrons. The van der Waals surface area contributed by atoms with Gasteiger partial charge in [-0.3, -0.25) is 0 Å². The number of halogens is 1. The van der Waals surface area contributed by atoms with E-state index in [9.17, 15) is 8.42 Å². The van der Waals surface area contributed by atoms with Crippen LogP contribution < -0.4 is 0 Å². The highest BCUT2D eigenvalue weighted by Gasteiger charge is 2.31. The van der Waals surface area contributed by atoms with E-state index in [4.69, 9.17) is 5.11 Å². The van der Waals surface area contributed by atoms with E-state index in [1.807, 2.05) is 14.0 Å². The van der Waals surface area contributed by atoms with Crippen LogP contribution in [0.4, 0.5) is 0 Å². The maximum Gasteiger partial charge on any atom is 0.244 e. The van der Waals surface area contributed by atoms with Crippen molar-refractivity contribution in [1.29, 1.82) is 0 Å². The van der Waals surface area contributed by atoms with Crippen LogP contribution in [0.3, 0.4) is 0 Å². The molecule has 20 heavy (non-hydrogen) atoms. The number of hydrogen-bond donors (Lipinski definition) is 1. The molecule has 0 saturated carbocycles. The number of nitrogens with zero attached hydrogens (tertiary/aromatic N) is 2. The van der Waals surface area contributed by atoms with Crippen LogP contribution in [0.2, 0.25) is 0 Å². The van der Waals surface area contributed by atoms with E-state index in [0.717, 1.165) is 6.54 Å². The average Bonchev–Trinajstić information content (AvgIpc) is 2.41. The predicted octanol–water partition coefficient (Wildman–Crippen LogP) is 1.27. The molecule has 7 heteroatoms. The molecule has 1 fully saturated rings. The number of aliphatic hydroxyl groups is 1. The largest absolute Gasteiger partial charge is 0.392 e. The van der Waals surface area contributed by atoms with Crippen LogP contribution in [-0.2, 0) is 16.6 Å². The number of piperazine rings is 1. The third-order valence-corrected chi connectivity index (χ3v) is 6.56. The Morgan fingerprint density at radius 3 is 2.65 bits per heavy atom. The molecule has 0 bridgehead atoms. The highest BCUT2D eigenvalue weighted by molar-refractivity contribution is 9.10. The molecule has 2 rings (SSSR count). The summed E-state index contributed by atoms with van der Waals surface area (Å²) in [6, 6.07) is 5.03. The van der Waals surface area contributed by atoms with Gasteiger partial charge in [-0.1, -0.05) is 6.07 Å². The van der Waals surface area contributed by atoms with Gasteiger partial charge >= 0.3 is 0 Å². The number of likely N-dealkylation sites (N-methyl/N-ethyl adjacent to an activating group) is 1. The van der Waals surface area contributed by atoms with E-state index < -0.39 is 10.0 Å². The molecule has 1 aliphatic heterocycles. The monoisotopic (exact) mass is 362 g/mol. The minimum absolute atomic E-state index is 0.107. The molecule has 5 nitrogen and oxygen atoms in total. The van der Waals surface area contributed by atoms with Crippen molar-refractivity contribution >= 4 is 26.0 Å². The fourth-order valence-corrected chi connectivity index (χ4v) is 4.82. The van der Waals surface area contributed by atoms with Crippen LogP contribution in [0.1, 0.15) is 12.5 Å². The molecule has 1 N–H and O–H groups in total. The number of aliphatic hydroxyl groups excluding tert-OH is 1. The predicted molar refractivity (Wildman–Crippen MR) is 80.9 cm³/mol. The Morgan fingerprint density at radius 2 is 2.10 bits per heavy atom. The number of benzene rings is 1. The zero-order valence-electron chi connectivity index (χ0n) is 11.6. The fraction of sp³-hybridized carbons (Fsp3) is 0.538. The average molecular weight is 363 g/mol. The Balaban J connectivity index is 2.31. The first-order valence-electron chi connectivity index (χ1n) is 6.46. The van der Waals surface area contributed by atoms with E-state index in [-0.39, 0.29) is 17.5 Å². The van der Waals surface area contributed by atoms with Crippen molar-refractivity contribution in [3.63, 3.8) is 0 Å². The van der Waals surface area contributed by atoms with Crippen molar-refractivity contribution in [2.45, 2.75) is 24.5 Å². The van der Waals surface area contributed by atoms with Gasteiger partial charge in [-0.15, -0.1) is 0 Å². The Hall–Kier alpha value is -0.470. The second kappa shape index (κ2) is 6.11. The van der Waals surface area contributed by atoms with Gasteiger partial charge in [-0.25, -0.2) is 8.42 Å². The number of hydrogen-bond acceptors (Lipinski definition) is 4. The lowest BCUT2D eigenvalue weighted by Gasteiger charge is -2.36. The molecule has 1 aromatic rings. The lowest BCUT2D eigenvalue weighted by atomic mass is 10.2. The molecule has 0 amide bonds. The maximum atomic E-state index is 12.7. The van der Waals surface area contributed by atoms with E-state index in [1.54, 1.807) is 18.2 Å². The zero-order valence-corrected chi connectivity index (χ0v) is 14.0. The molecule has 0 aromatic heterocycles. The van der Waals surface area contributed by atoms with Gasteiger partial charge in [-0.05, 0) is 47.6 Å². The third-order valence-electron chi connectivity index (χ3n) is 3.72. The summed E-state index contributed by atoms with van der Waals surface area (Å²) < 4.78 is 27.4. The number of rotatable bonds is 3. The second-order valence-corrected chi connectivity index (χ2v) is 7.88. The highest BCUT2D eigenvalue weighted by Crippen LogP contribution is 2.27. The summed E-state index contributed by atoms with van der Waals surface area (Å²) in [4.78, 5) is 2.40. The van der Waals surface area contributed by atoms with E-state index in [2.05, 4.69) is 20.8 Å². The van der Waals surface area contributed by atoms with Gasteiger partial charge in [0.1, 0.15) is 0 Å². The molecular weight excluding hydrogens is 344 g/mol. The van der Waals surface area contributed by atoms with Crippen molar-refractivity contribution < 1.29 is 13.5 Å². The van der Waals surface area contributed by atoms with Crippen LogP contribution >= 0.6 is 15.9 Å². The molecule has 1 unspecified atom stereocenters. The van der Waals surface area contributed by atoms with Gasteiger partial charge in [0.25, 0.3) is 0 Å². The summed E-state index contributed by atoms with van der Waals surface area (Å²) in [6.07, 6.45) is 0. The smallest absolute Gasteiger partial charge is 0.244 e. The fourth-order valence-electron chi connectivity index (χ4n) is 2.22. The van der Waals surface area contributed by atoms with Crippen LogP contribution in [0.15, 0.2) is 27.6 Å². The molecular formula is C13H19BrN2O3S. The van der Waals surface area contributed by atoms with Gasteiger partial charge in [0.05, 0.1) is 11.5 Å². The molecule has 112 valence electrons. The topological polar surface area (TPSA) is 60.9 Å². The Labute approximate surface area is 128 Å². The lowest BCUT2D eigenvalue weighted by molar-refractivity contribution is 0.159. The van der Waals surface area contributed by atoms with Crippen molar-refractivity contribution in [1.82, 2.24) is 9.21 Å². The van der Waals surface area contributed by atoms with E-state index in [1.165, 1.54) is 4.31 Å².